The van der Waals surface area contributed by atoms with Crippen LogP contribution in [0.5, 0.6) is 5.75 Å². The van der Waals surface area contributed by atoms with Gasteiger partial charge in [-0.25, -0.2) is 8.42 Å². The number of hydrogen-bond acceptors (Lipinski definition) is 5. The highest BCUT2D eigenvalue weighted by atomic mass is 32.2. The maximum Gasteiger partial charge on any atom is 0.262 e. The lowest BCUT2D eigenvalue weighted by molar-refractivity contribution is -0.136. The van der Waals surface area contributed by atoms with Gasteiger partial charge in [0.2, 0.25) is 15.9 Å². The van der Waals surface area contributed by atoms with Gasteiger partial charge in [-0.15, -0.1) is 0 Å². The van der Waals surface area contributed by atoms with Crippen LogP contribution >= 0.6 is 0 Å². The fraction of sp³-hybridized carbons (Fsp3) is 0.619. The molecule has 3 aliphatic heterocycles. The van der Waals surface area contributed by atoms with Crippen molar-refractivity contribution in [3.8, 4) is 5.75 Å². The molecule has 164 valence electrons. The van der Waals surface area contributed by atoms with E-state index in [2.05, 4.69) is 5.32 Å². The van der Waals surface area contributed by atoms with Gasteiger partial charge in [-0.05, 0) is 44.2 Å². The maximum atomic E-state index is 13.3. The fourth-order valence-corrected chi connectivity index (χ4v) is 6.22. The molecule has 30 heavy (non-hydrogen) atoms. The van der Waals surface area contributed by atoms with E-state index in [0.29, 0.717) is 42.9 Å². The van der Waals surface area contributed by atoms with Crippen LogP contribution in [0.2, 0.25) is 0 Å². The Kier molecular flexibility index (Phi) is 6.02. The van der Waals surface area contributed by atoms with Gasteiger partial charge in [0.1, 0.15) is 5.75 Å². The molecule has 0 unspecified atom stereocenters. The molecule has 0 atom stereocenters. The number of fused-ring (bicyclic) bond motifs is 1. The SMILES string of the molecule is Cc1cc2c(cc1S(=O)(=O)N1CCC(C(=O)N3CCCCCC3)CC1)OCC(=O)N2. The Hall–Kier alpha value is -2.13. The number of carbonyl (C=O) groups excluding carboxylic acids is 2. The summed E-state index contributed by atoms with van der Waals surface area (Å²) in [5.41, 5.74) is 1.05. The van der Waals surface area contributed by atoms with Crippen LogP contribution in [0, 0.1) is 12.8 Å². The standard InChI is InChI=1S/C21H29N3O5S/c1-15-12-17-18(29-14-20(25)22-17)13-19(15)30(27,28)24-10-6-16(7-11-24)21(26)23-8-4-2-3-5-9-23/h12-13,16H,2-11,14H2,1H3,(H,22,25). The number of sulfonamides is 1. The monoisotopic (exact) mass is 435 g/mol. The minimum absolute atomic E-state index is 0.0993. The Balaban J connectivity index is 1.45. The highest BCUT2D eigenvalue weighted by Crippen LogP contribution is 2.35. The van der Waals surface area contributed by atoms with E-state index in [1.165, 1.54) is 23.2 Å². The molecule has 2 saturated heterocycles. The van der Waals surface area contributed by atoms with Gasteiger partial charge in [0.25, 0.3) is 5.91 Å². The summed E-state index contributed by atoms with van der Waals surface area (Å²) in [6, 6.07) is 3.13. The smallest absolute Gasteiger partial charge is 0.262 e. The number of anilines is 1. The van der Waals surface area contributed by atoms with Gasteiger partial charge in [0.15, 0.2) is 6.61 Å². The lowest BCUT2D eigenvalue weighted by Crippen LogP contribution is -2.44. The van der Waals surface area contributed by atoms with E-state index in [0.717, 1.165) is 25.9 Å². The second-order valence-corrected chi connectivity index (χ2v) is 10.3. The van der Waals surface area contributed by atoms with Crippen molar-refractivity contribution in [3.05, 3.63) is 17.7 Å². The van der Waals surface area contributed by atoms with Crippen molar-refractivity contribution in [3.63, 3.8) is 0 Å². The summed E-state index contributed by atoms with van der Waals surface area (Å²) in [4.78, 5) is 26.5. The molecule has 1 N–H and O–H groups in total. The molecule has 1 aromatic carbocycles. The summed E-state index contributed by atoms with van der Waals surface area (Å²) < 4.78 is 33.4. The highest BCUT2D eigenvalue weighted by Gasteiger charge is 2.35. The number of nitrogens with zero attached hydrogens (tertiary/aromatic N) is 2. The number of carbonyl (C=O) groups is 2. The number of hydrogen-bond donors (Lipinski definition) is 1. The molecule has 1 aromatic rings. The maximum absolute atomic E-state index is 13.3. The van der Waals surface area contributed by atoms with Gasteiger partial charge >= 0.3 is 0 Å². The number of amides is 2. The largest absolute Gasteiger partial charge is 0.482 e. The third-order valence-corrected chi connectivity index (χ3v) is 8.29. The molecular formula is C21H29N3O5S. The van der Waals surface area contributed by atoms with E-state index in [-0.39, 0.29) is 29.2 Å². The predicted molar refractivity (Wildman–Crippen MR) is 112 cm³/mol. The van der Waals surface area contributed by atoms with E-state index in [1.54, 1.807) is 13.0 Å². The number of aryl methyl sites for hydroxylation is 1. The normalized spacial score (nSPS) is 21.4. The summed E-state index contributed by atoms with van der Waals surface area (Å²) in [5, 5.41) is 2.70. The Bertz CT molecular complexity index is 930. The Morgan fingerprint density at radius 2 is 1.73 bits per heavy atom. The van der Waals surface area contributed by atoms with Gasteiger partial charge in [-0.1, -0.05) is 12.8 Å². The Morgan fingerprint density at radius 3 is 2.40 bits per heavy atom. The first-order valence-corrected chi connectivity index (χ1v) is 12.2. The second-order valence-electron chi connectivity index (χ2n) is 8.37. The molecule has 0 saturated carbocycles. The Labute approximate surface area is 177 Å². The summed E-state index contributed by atoms with van der Waals surface area (Å²) in [6.45, 7) is 3.90. The molecule has 9 heteroatoms. The van der Waals surface area contributed by atoms with Crippen LogP contribution in [0.4, 0.5) is 5.69 Å². The molecule has 3 aliphatic rings. The van der Waals surface area contributed by atoms with Crippen LogP contribution in [-0.4, -0.2) is 62.2 Å². The van der Waals surface area contributed by atoms with Gasteiger partial charge in [-0.3, -0.25) is 9.59 Å². The molecule has 4 rings (SSSR count). The van der Waals surface area contributed by atoms with Crippen LogP contribution in [-0.2, 0) is 19.6 Å². The molecule has 0 radical (unpaired) electrons. The summed E-state index contributed by atoms with van der Waals surface area (Å²) in [5.74, 6) is 0.194. The average molecular weight is 436 g/mol. The number of likely N-dealkylation sites (tertiary alicyclic amines) is 1. The van der Waals surface area contributed by atoms with Crippen molar-refractivity contribution in [2.45, 2.75) is 50.3 Å². The molecule has 8 nitrogen and oxygen atoms in total. The quantitative estimate of drug-likeness (QED) is 0.785. The molecule has 2 amide bonds. The van der Waals surface area contributed by atoms with E-state index in [1.807, 2.05) is 4.90 Å². The predicted octanol–water partition coefficient (Wildman–Crippen LogP) is 2.13. The van der Waals surface area contributed by atoms with Crippen molar-refractivity contribution in [2.75, 3.05) is 38.1 Å². The van der Waals surface area contributed by atoms with Crippen LogP contribution in [0.1, 0.15) is 44.1 Å². The number of nitrogens with one attached hydrogen (secondary N) is 1. The topological polar surface area (TPSA) is 96.0 Å². The van der Waals surface area contributed by atoms with E-state index in [9.17, 15) is 18.0 Å². The van der Waals surface area contributed by atoms with E-state index in [4.69, 9.17) is 4.74 Å². The van der Waals surface area contributed by atoms with Crippen LogP contribution < -0.4 is 10.1 Å². The van der Waals surface area contributed by atoms with Crippen molar-refractivity contribution in [2.24, 2.45) is 5.92 Å². The average Bonchev–Trinajstić information content (AvgIpc) is 3.02. The third kappa shape index (κ3) is 4.18. The highest BCUT2D eigenvalue weighted by molar-refractivity contribution is 7.89. The Morgan fingerprint density at radius 1 is 1.07 bits per heavy atom. The van der Waals surface area contributed by atoms with E-state index >= 15 is 0 Å². The number of piperidine rings is 1. The molecule has 0 bridgehead atoms. The van der Waals surface area contributed by atoms with Crippen LogP contribution in [0.15, 0.2) is 17.0 Å². The lowest BCUT2D eigenvalue weighted by atomic mass is 9.96. The zero-order valence-electron chi connectivity index (χ0n) is 17.4. The van der Waals surface area contributed by atoms with Crippen LogP contribution in [0.3, 0.4) is 0 Å². The molecule has 0 spiro atoms. The summed E-state index contributed by atoms with van der Waals surface area (Å²) in [6.07, 6.45) is 5.55. The van der Waals surface area contributed by atoms with Crippen LogP contribution in [0.25, 0.3) is 0 Å². The minimum atomic E-state index is -3.70. The molecule has 3 heterocycles. The molecule has 0 aliphatic carbocycles. The van der Waals surface area contributed by atoms with Gasteiger partial charge in [0.05, 0.1) is 10.6 Å². The van der Waals surface area contributed by atoms with Gasteiger partial charge < -0.3 is 15.0 Å². The summed E-state index contributed by atoms with van der Waals surface area (Å²) in [7, 11) is -3.70. The minimum Gasteiger partial charge on any atom is -0.482 e. The number of ether oxygens (including phenoxy) is 1. The lowest BCUT2D eigenvalue weighted by Gasteiger charge is -2.33. The zero-order valence-corrected chi connectivity index (χ0v) is 18.2. The molecule has 0 aromatic heterocycles. The van der Waals surface area contributed by atoms with Crippen molar-refractivity contribution >= 4 is 27.5 Å². The van der Waals surface area contributed by atoms with Crippen molar-refractivity contribution in [1.82, 2.24) is 9.21 Å². The fourth-order valence-electron chi connectivity index (χ4n) is 4.53. The van der Waals surface area contributed by atoms with Crippen molar-refractivity contribution in [1.29, 1.82) is 0 Å². The van der Waals surface area contributed by atoms with Gasteiger partial charge in [-0.2, -0.15) is 4.31 Å². The number of rotatable bonds is 3. The first-order valence-electron chi connectivity index (χ1n) is 10.7. The second kappa shape index (κ2) is 8.55. The molecular weight excluding hydrogens is 406 g/mol. The zero-order chi connectivity index (χ0) is 21.3. The summed E-state index contributed by atoms with van der Waals surface area (Å²) >= 11 is 0. The van der Waals surface area contributed by atoms with E-state index < -0.39 is 10.0 Å². The first-order chi connectivity index (χ1) is 14.4. The van der Waals surface area contributed by atoms with Crippen molar-refractivity contribution < 1.29 is 22.7 Å². The first kappa shape index (κ1) is 21.1. The molecule has 2 fully saturated rings. The third-order valence-electron chi connectivity index (χ3n) is 6.25. The number of benzene rings is 1. The van der Waals surface area contributed by atoms with Gasteiger partial charge in [0, 0.05) is 38.2 Å².